The van der Waals surface area contributed by atoms with Crippen LogP contribution in [0, 0.1) is 20.8 Å². The first kappa shape index (κ1) is 25.0. The van der Waals surface area contributed by atoms with Gasteiger partial charge in [-0.15, -0.1) is 0 Å². The van der Waals surface area contributed by atoms with Gasteiger partial charge in [0.15, 0.2) is 5.13 Å². The smallest absolute Gasteiger partial charge is 0.321 e. The van der Waals surface area contributed by atoms with Crippen molar-refractivity contribution in [2.24, 2.45) is 0 Å². The topological polar surface area (TPSA) is 102 Å². The number of benzene rings is 3. The number of carbonyl (C=O) groups excluding carboxylic acids is 2. The van der Waals surface area contributed by atoms with Crippen LogP contribution in [0.2, 0.25) is 0 Å². The summed E-state index contributed by atoms with van der Waals surface area (Å²) in [6.45, 7) is 6.21. The lowest BCUT2D eigenvalue weighted by Crippen LogP contribution is -2.28. The molecule has 3 aromatic carbocycles. The summed E-state index contributed by atoms with van der Waals surface area (Å²) in [5.41, 5.74) is 5.95. The molecule has 3 N–H and O–H groups in total. The van der Waals surface area contributed by atoms with Crippen LogP contribution in [0.15, 0.2) is 48.5 Å². The minimum atomic E-state index is -0.412. The van der Waals surface area contributed by atoms with Crippen molar-refractivity contribution < 1.29 is 19.1 Å². The molecule has 0 aliphatic carbocycles. The van der Waals surface area contributed by atoms with Crippen LogP contribution >= 0.6 is 11.3 Å². The lowest BCUT2D eigenvalue weighted by atomic mass is 10.0. The first-order chi connectivity index (χ1) is 17.3. The summed E-state index contributed by atoms with van der Waals surface area (Å²) >= 11 is 1.30. The average molecular weight is 505 g/mol. The number of thiazole rings is 1. The lowest BCUT2D eigenvalue weighted by Gasteiger charge is -2.13. The van der Waals surface area contributed by atoms with Crippen molar-refractivity contribution in [3.05, 3.63) is 76.3 Å². The third kappa shape index (κ3) is 5.41. The Morgan fingerprint density at radius 1 is 0.917 bits per heavy atom. The Kier molecular flexibility index (Phi) is 7.40. The Morgan fingerprint density at radius 3 is 2.22 bits per heavy atom. The number of fused-ring (bicyclic) bond motifs is 1. The molecular formula is C27H28N4O4S. The largest absolute Gasteiger partial charge is 0.496 e. The zero-order valence-electron chi connectivity index (χ0n) is 20.8. The fourth-order valence-corrected chi connectivity index (χ4v) is 4.99. The van der Waals surface area contributed by atoms with E-state index in [9.17, 15) is 9.59 Å². The summed E-state index contributed by atoms with van der Waals surface area (Å²) in [4.78, 5) is 29.9. The monoisotopic (exact) mass is 504 g/mol. The van der Waals surface area contributed by atoms with Crippen molar-refractivity contribution in [2.45, 2.75) is 27.3 Å². The summed E-state index contributed by atoms with van der Waals surface area (Å²) in [5.74, 6) is 1.05. The van der Waals surface area contributed by atoms with E-state index in [2.05, 4.69) is 20.9 Å². The van der Waals surface area contributed by atoms with Crippen LogP contribution in [0.5, 0.6) is 11.5 Å². The number of ether oxygens (including phenoxy) is 2. The third-order valence-corrected chi connectivity index (χ3v) is 6.68. The Labute approximate surface area is 213 Å². The Balaban J connectivity index is 1.44. The number of aromatic nitrogens is 1. The van der Waals surface area contributed by atoms with E-state index in [1.807, 2.05) is 39.0 Å². The predicted octanol–water partition coefficient (Wildman–Crippen LogP) is 5.81. The van der Waals surface area contributed by atoms with Gasteiger partial charge < -0.3 is 20.1 Å². The maximum absolute atomic E-state index is 12.9. The van der Waals surface area contributed by atoms with Gasteiger partial charge in [0.1, 0.15) is 11.5 Å². The number of aryl methyl sites for hydroxylation is 3. The van der Waals surface area contributed by atoms with Crippen molar-refractivity contribution in [3.8, 4) is 11.5 Å². The van der Waals surface area contributed by atoms with Crippen molar-refractivity contribution in [1.82, 2.24) is 10.3 Å². The Hall–Kier alpha value is -4.11. The van der Waals surface area contributed by atoms with Crippen molar-refractivity contribution in [1.29, 1.82) is 0 Å². The summed E-state index contributed by atoms with van der Waals surface area (Å²) in [6, 6.07) is 14.4. The van der Waals surface area contributed by atoms with Crippen molar-refractivity contribution >= 4 is 44.3 Å². The van der Waals surface area contributed by atoms with Gasteiger partial charge in [-0.3, -0.25) is 10.1 Å². The summed E-state index contributed by atoms with van der Waals surface area (Å²) in [5, 5.41) is 9.02. The molecule has 0 atom stereocenters. The highest BCUT2D eigenvalue weighted by atomic mass is 32.1. The Morgan fingerprint density at radius 2 is 1.58 bits per heavy atom. The van der Waals surface area contributed by atoms with E-state index in [0.717, 1.165) is 32.6 Å². The SMILES string of the molecule is COc1cccc(OC)c1CNC(=O)Nc1nc2ccc(C(=O)Nc3c(C)cc(C)cc3C)cc2s1. The second-order valence-corrected chi connectivity index (χ2v) is 9.41. The molecule has 0 unspecified atom stereocenters. The fraction of sp³-hybridized carbons (Fsp3) is 0.222. The highest BCUT2D eigenvalue weighted by Gasteiger charge is 2.15. The van der Waals surface area contributed by atoms with E-state index in [0.29, 0.717) is 27.7 Å². The van der Waals surface area contributed by atoms with Gasteiger partial charge in [0.05, 0.1) is 36.5 Å². The molecule has 4 aromatic rings. The van der Waals surface area contributed by atoms with E-state index in [-0.39, 0.29) is 12.5 Å². The highest BCUT2D eigenvalue weighted by Crippen LogP contribution is 2.29. The number of hydrogen-bond acceptors (Lipinski definition) is 6. The van der Waals surface area contributed by atoms with E-state index >= 15 is 0 Å². The second-order valence-electron chi connectivity index (χ2n) is 8.38. The highest BCUT2D eigenvalue weighted by molar-refractivity contribution is 7.22. The van der Waals surface area contributed by atoms with E-state index in [4.69, 9.17) is 9.47 Å². The minimum absolute atomic E-state index is 0.196. The normalized spacial score (nSPS) is 10.7. The molecule has 36 heavy (non-hydrogen) atoms. The van der Waals surface area contributed by atoms with Crippen LogP contribution in [0.25, 0.3) is 10.2 Å². The van der Waals surface area contributed by atoms with Crippen LogP contribution in [-0.2, 0) is 6.54 Å². The lowest BCUT2D eigenvalue weighted by molar-refractivity contribution is 0.102. The molecule has 9 heteroatoms. The number of hydrogen-bond donors (Lipinski definition) is 3. The molecule has 4 rings (SSSR count). The summed E-state index contributed by atoms with van der Waals surface area (Å²) in [7, 11) is 3.13. The number of nitrogens with zero attached hydrogens (tertiary/aromatic N) is 1. The number of carbonyl (C=O) groups is 2. The van der Waals surface area contributed by atoms with E-state index in [1.165, 1.54) is 11.3 Å². The quantitative estimate of drug-likeness (QED) is 0.295. The molecular weight excluding hydrogens is 476 g/mol. The summed E-state index contributed by atoms with van der Waals surface area (Å²) < 4.78 is 11.5. The number of rotatable bonds is 7. The first-order valence-electron chi connectivity index (χ1n) is 11.3. The fourth-order valence-electron chi connectivity index (χ4n) is 4.09. The number of anilines is 2. The molecule has 1 heterocycles. The molecule has 0 aliphatic heterocycles. The molecule has 0 spiro atoms. The van der Waals surface area contributed by atoms with Gasteiger partial charge in [0.25, 0.3) is 5.91 Å². The standard InChI is InChI=1S/C27H28N4O4S/c1-15-11-16(2)24(17(3)12-15)30-25(32)18-9-10-20-23(13-18)36-27(29-20)31-26(33)28-14-19-21(34-4)7-6-8-22(19)35-5/h6-13H,14H2,1-5H3,(H,30,32)(H2,28,29,31,33). The Bertz CT molecular complexity index is 1400. The van der Waals surface area contributed by atoms with Gasteiger partial charge in [0.2, 0.25) is 0 Å². The molecule has 0 fully saturated rings. The molecule has 0 saturated carbocycles. The van der Waals surface area contributed by atoms with Crippen LogP contribution in [0.4, 0.5) is 15.6 Å². The average Bonchev–Trinajstić information content (AvgIpc) is 3.25. The molecule has 3 amide bonds. The van der Waals surface area contributed by atoms with Gasteiger partial charge in [-0.1, -0.05) is 35.1 Å². The van der Waals surface area contributed by atoms with Gasteiger partial charge in [-0.2, -0.15) is 0 Å². The maximum atomic E-state index is 12.9. The summed E-state index contributed by atoms with van der Waals surface area (Å²) in [6.07, 6.45) is 0. The zero-order chi connectivity index (χ0) is 25.8. The van der Waals surface area contributed by atoms with E-state index < -0.39 is 6.03 Å². The van der Waals surface area contributed by atoms with Gasteiger partial charge in [-0.05, 0) is 62.2 Å². The third-order valence-electron chi connectivity index (χ3n) is 5.74. The molecule has 0 aliphatic rings. The number of urea groups is 1. The minimum Gasteiger partial charge on any atom is -0.496 e. The van der Waals surface area contributed by atoms with Crippen LogP contribution < -0.4 is 25.4 Å². The van der Waals surface area contributed by atoms with Crippen LogP contribution in [-0.4, -0.2) is 31.1 Å². The number of methoxy groups -OCH3 is 2. The van der Waals surface area contributed by atoms with Gasteiger partial charge >= 0.3 is 6.03 Å². The molecule has 8 nitrogen and oxygen atoms in total. The molecule has 0 saturated heterocycles. The maximum Gasteiger partial charge on any atom is 0.321 e. The van der Waals surface area contributed by atoms with Crippen molar-refractivity contribution in [2.75, 3.05) is 24.9 Å². The first-order valence-corrected chi connectivity index (χ1v) is 12.1. The van der Waals surface area contributed by atoms with Crippen molar-refractivity contribution in [3.63, 3.8) is 0 Å². The molecule has 186 valence electrons. The molecule has 0 radical (unpaired) electrons. The van der Waals surface area contributed by atoms with Crippen LogP contribution in [0.3, 0.4) is 0 Å². The predicted molar refractivity (Wildman–Crippen MR) is 144 cm³/mol. The molecule has 1 aromatic heterocycles. The van der Waals surface area contributed by atoms with E-state index in [1.54, 1.807) is 44.6 Å². The molecule has 0 bridgehead atoms. The van der Waals surface area contributed by atoms with Gasteiger partial charge in [-0.25, -0.2) is 9.78 Å². The number of nitrogens with one attached hydrogen (secondary N) is 3. The van der Waals surface area contributed by atoms with Gasteiger partial charge in [0, 0.05) is 11.3 Å². The second kappa shape index (κ2) is 10.7. The number of amides is 3. The van der Waals surface area contributed by atoms with Crippen LogP contribution in [0.1, 0.15) is 32.6 Å². The zero-order valence-corrected chi connectivity index (χ0v) is 21.6.